The third kappa shape index (κ3) is 62.2. The maximum Gasteiger partial charge on any atom is 0.268 e. The molecule has 2 N–H and O–H groups in total. The molecule has 0 aromatic heterocycles. The lowest BCUT2D eigenvalue weighted by Gasteiger charge is -2.29. The van der Waals surface area contributed by atoms with Crippen LogP contribution < -0.4 is 10.2 Å². The van der Waals surface area contributed by atoms with Gasteiger partial charge in [0.05, 0.1) is 39.9 Å². The molecule has 1 amide bonds. The van der Waals surface area contributed by atoms with Gasteiger partial charge in [0.15, 0.2) is 0 Å². The summed E-state index contributed by atoms with van der Waals surface area (Å²) < 4.78 is 23.4. The van der Waals surface area contributed by atoms with E-state index < -0.39 is 20.0 Å². The number of nitrogens with one attached hydrogen (secondary N) is 1. The molecule has 456 valence electrons. The molecule has 0 bridgehead atoms. The van der Waals surface area contributed by atoms with Gasteiger partial charge in [0.25, 0.3) is 7.82 Å². The number of quaternary nitrogens is 1. The number of amides is 1. The number of rotatable bonds is 63. The van der Waals surface area contributed by atoms with Crippen LogP contribution in [0.3, 0.4) is 0 Å². The highest BCUT2D eigenvalue weighted by Crippen LogP contribution is 2.38. The number of likely N-dealkylation sites (N-methyl/N-ethyl adjacent to an activating group) is 1. The summed E-state index contributed by atoms with van der Waals surface area (Å²) in [7, 11) is 1.26. The lowest BCUT2D eigenvalue weighted by Crippen LogP contribution is -2.45. The molecule has 3 atom stereocenters. The van der Waals surface area contributed by atoms with E-state index in [1.807, 2.05) is 27.2 Å². The summed E-state index contributed by atoms with van der Waals surface area (Å²) in [4.78, 5) is 25.6. The van der Waals surface area contributed by atoms with E-state index in [-0.39, 0.29) is 19.1 Å². The van der Waals surface area contributed by atoms with Gasteiger partial charge in [-0.3, -0.25) is 9.36 Å². The van der Waals surface area contributed by atoms with Crippen LogP contribution in [0.1, 0.15) is 341 Å². The van der Waals surface area contributed by atoms with E-state index in [2.05, 4.69) is 43.5 Å². The number of aliphatic hydroxyl groups excluding tert-OH is 1. The molecule has 0 heterocycles. The number of allylic oxidation sites excluding steroid dienone is 5. The van der Waals surface area contributed by atoms with Crippen molar-refractivity contribution >= 4 is 13.7 Å². The summed E-state index contributed by atoms with van der Waals surface area (Å²) in [6.45, 7) is 4.68. The second kappa shape index (κ2) is 59.3. The lowest BCUT2D eigenvalue weighted by atomic mass is 10.0. The number of phosphoric acid groups is 1. The van der Waals surface area contributed by atoms with E-state index in [1.165, 1.54) is 283 Å². The largest absolute Gasteiger partial charge is 0.756 e. The number of phosphoric ester groups is 1. The number of aliphatic hydroxyl groups is 1. The Labute approximate surface area is 480 Å². The lowest BCUT2D eigenvalue weighted by molar-refractivity contribution is -0.870. The standard InChI is InChI=1S/C68H133N2O6P/c1-6-8-10-12-14-16-18-20-22-24-26-28-29-30-31-32-33-34-35-36-37-38-39-40-41-42-44-46-48-50-52-54-56-58-60-62-68(72)69-66(65-76-77(73,74)75-64-63-70(3,4)5)67(71)61-59-57-55-53-51-49-47-45-43-27-25-23-21-19-17-15-13-11-9-7-2/h32-33,51,53,59,61,66-67,71H,6-31,34-50,52,54-58,60,62-65H2,1-5H3,(H-,69,72,73,74)/b33-32-,53-51+,61-59+. The molecule has 0 aliphatic heterocycles. The first kappa shape index (κ1) is 75.7. The van der Waals surface area contributed by atoms with E-state index in [0.29, 0.717) is 17.4 Å². The van der Waals surface area contributed by atoms with Crippen LogP contribution in [-0.2, 0) is 18.4 Å². The summed E-state index contributed by atoms with van der Waals surface area (Å²) in [6, 6.07) is -0.903. The van der Waals surface area contributed by atoms with Crippen LogP contribution in [0.4, 0.5) is 0 Å². The Bertz CT molecular complexity index is 1350. The van der Waals surface area contributed by atoms with Gasteiger partial charge in [0.1, 0.15) is 13.2 Å². The number of unbranched alkanes of at least 4 members (excludes halogenated alkanes) is 46. The highest BCUT2D eigenvalue weighted by molar-refractivity contribution is 7.45. The molecule has 9 heteroatoms. The molecule has 3 unspecified atom stereocenters. The minimum atomic E-state index is -4.61. The van der Waals surface area contributed by atoms with E-state index in [0.717, 1.165) is 38.5 Å². The molecule has 77 heavy (non-hydrogen) atoms. The molecular weight excluding hydrogens is 972 g/mol. The van der Waals surface area contributed by atoms with Crippen molar-refractivity contribution in [3.8, 4) is 0 Å². The molecular formula is C68H133N2O6P. The molecule has 8 nitrogen and oxygen atoms in total. The highest BCUT2D eigenvalue weighted by atomic mass is 31.2. The minimum absolute atomic E-state index is 0.00477. The van der Waals surface area contributed by atoms with Gasteiger partial charge in [-0.05, 0) is 57.8 Å². The SMILES string of the molecule is CCCCCCCCCCCCCCCC/C=C\CCCCCCCCCCCCCCCCCCCC(=O)NC(COP(=O)([O-])OCC[N+](C)(C)C)C(O)/C=C/CC/C=C/CCCCCCCCCCCCCCCC. The van der Waals surface area contributed by atoms with Crippen LogP contribution in [0.25, 0.3) is 0 Å². The van der Waals surface area contributed by atoms with Gasteiger partial charge >= 0.3 is 0 Å². The second-order valence-corrected chi connectivity index (χ2v) is 25.9. The number of hydrogen-bond donors (Lipinski definition) is 2. The van der Waals surface area contributed by atoms with Crippen LogP contribution in [-0.4, -0.2) is 68.5 Å². The van der Waals surface area contributed by atoms with Crippen molar-refractivity contribution < 1.29 is 32.9 Å². The summed E-state index contributed by atoms with van der Waals surface area (Å²) in [6.07, 6.45) is 78.4. The zero-order chi connectivity index (χ0) is 56.3. The predicted octanol–water partition coefficient (Wildman–Crippen LogP) is 20.6. The Morgan fingerprint density at radius 1 is 0.442 bits per heavy atom. The Kier molecular flexibility index (Phi) is 58.4. The molecule has 0 aromatic carbocycles. The molecule has 0 aliphatic carbocycles. The molecule has 0 radical (unpaired) electrons. The number of nitrogens with zero attached hydrogens (tertiary/aromatic N) is 1. The second-order valence-electron chi connectivity index (χ2n) is 24.5. The molecule has 0 rings (SSSR count). The Morgan fingerprint density at radius 3 is 1.05 bits per heavy atom. The summed E-state index contributed by atoms with van der Waals surface area (Å²) in [5.41, 5.74) is 0. The van der Waals surface area contributed by atoms with Crippen molar-refractivity contribution in [2.75, 3.05) is 40.9 Å². The van der Waals surface area contributed by atoms with Crippen molar-refractivity contribution in [1.29, 1.82) is 0 Å². The van der Waals surface area contributed by atoms with Crippen LogP contribution in [0.2, 0.25) is 0 Å². The van der Waals surface area contributed by atoms with Crippen molar-refractivity contribution in [3.05, 3.63) is 36.5 Å². The average Bonchev–Trinajstić information content (AvgIpc) is 3.39. The van der Waals surface area contributed by atoms with Crippen LogP contribution >= 0.6 is 7.82 Å². The first-order valence-electron chi connectivity index (χ1n) is 33.9. The van der Waals surface area contributed by atoms with Crippen molar-refractivity contribution in [2.45, 2.75) is 353 Å². The predicted molar refractivity (Wildman–Crippen MR) is 335 cm³/mol. The van der Waals surface area contributed by atoms with Gasteiger partial charge in [-0.15, -0.1) is 0 Å². The van der Waals surface area contributed by atoms with Gasteiger partial charge in [0, 0.05) is 6.42 Å². The smallest absolute Gasteiger partial charge is 0.268 e. The Morgan fingerprint density at radius 2 is 0.727 bits per heavy atom. The zero-order valence-corrected chi connectivity index (χ0v) is 53.1. The average molecular weight is 1110 g/mol. The van der Waals surface area contributed by atoms with Gasteiger partial charge in [-0.2, -0.15) is 0 Å². The van der Waals surface area contributed by atoms with Crippen molar-refractivity contribution in [3.63, 3.8) is 0 Å². The maximum absolute atomic E-state index is 13.0. The van der Waals surface area contributed by atoms with Crippen LogP contribution in [0.15, 0.2) is 36.5 Å². The van der Waals surface area contributed by atoms with Gasteiger partial charge < -0.3 is 28.8 Å². The van der Waals surface area contributed by atoms with Gasteiger partial charge in [0.2, 0.25) is 5.91 Å². The first-order chi connectivity index (χ1) is 37.5. The number of hydrogen-bond acceptors (Lipinski definition) is 6. The van der Waals surface area contributed by atoms with E-state index in [9.17, 15) is 19.4 Å². The van der Waals surface area contributed by atoms with E-state index in [4.69, 9.17) is 9.05 Å². The monoisotopic (exact) mass is 1100 g/mol. The third-order valence-corrected chi connectivity index (χ3v) is 16.5. The number of carbonyl (C=O) groups is 1. The van der Waals surface area contributed by atoms with E-state index in [1.54, 1.807) is 6.08 Å². The highest BCUT2D eigenvalue weighted by Gasteiger charge is 2.23. The molecule has 0 saturated carbocycles. The van der Waals surface area contributed by atoms with Gasteiger partial charge in [-0.25, -0.2) is 0 Å². The Hall–Kier alpha value is -1.28. The van der Waals surface area contributed by atoms with Crippen molar-refractivity contribution in [1.82, 2.24) is 5.32 Å². The quantitative estimate of drug-likeness (QED) is 0.0272. The van der Waals surface area contributed by atoms with Gasteiger partial charge in [-0.1, -0.05) is 314 Å². The topological polar surface area (TPSA) is 108 Å². The molecule has 0 aliphatic rings. The molecule has 0 fully saturated rings. The maximum atomic E-state index is 13.0. The first-order valence-corrected chi connectivity index (χ1v) is 35.3. The van der Waals surface area contributed by atoms with Crippen molar-refractivity contribution in [2.24, 2.45) is 0 Å². The molecule has 0 saturated heterocycles. The fourth-order valence-electron chi connectivity index (χ4n) is 10.3. The number of carbonyl (C=O) groups excluding carboxylic acids is 1. The minimum Gasteiger partial charge on any atom is -0.756 e. The summed E-state index contributed by atoms with van der Waals surface area (Å²) >= 11 is 0. The van der Waals surface area contributed by atoms with Crippen LogP contribution in [0.5, 0.6) is 0 Å². The molecule has 0 spiro atoms. The Balaban J connectivity index is 4.02. The third-order valence-electron chi connectivity index (χ3n) is 15.6. The van der Waals surface area contributed by atoms with Crippen LogP contribution in [0, 0.1) is 0 Å². The fraction of sp³-hybridized carbons (Fsp3) is 0.897. The zero-order valence-electron chi connectivity index (χ0n) is 52.2. The van der Waals surface area contributed by atoms with E-state index >= 15 is 0 Å². The normalized spacial score (nSPS) is 13.9. The summed E-state index contributed by atoms with van der Waals surface area (Å²) in [5.74, 6) is -0.201. The summed E-state index contributed by atoms with van der Waals surface area (Å²) in [5, 5.41) is 13.9. The molecule has 0 aromatic rings. The fourth-order valence-corrected chi connectivity index (χ4v) is 11.0.